The lowest BCUT2D eigenvalue weighted by Gasteiger charge is -2.38. The average molecular weight is 497 g/mol. The second-order valence-corrected chi connectivity index (χ2v) is 10.4. The van der Waals surface area contributed by atoms with Gasteiger partial charge >= 0.3 is 0 Å². The molecular formula is C25H21ClN2O5S. The molecule has 0 aliphatic carbocycles. The second kappa shape index (κ2) is 8.54. The summed E-state index contributed by atoms with van der Waals surface area (Å²) in [6.45, 7) is 0.0777. The van der Waals surface area contributed by atoms with E-state index in [-0.39, 0.29) is 28.8 Å². The van der Waals surface area contributed by atoms with Crippen LogP contribution in [0.15, 0.2) is 71.6 Å². The number of amides is 2. The lowest BCUT2D eigenvalue weighted by atomic mass is 9.94. The van der Waals surface area contributed by atoms with E-state index in [0.29, 0.717) is 17.5 Å². The zero-order valence-corrected chi connectivity index (χ0v) is 19.8. The number of rotatable bonds is 5. The molecule has 2 aliphatic heterocycles. The van der Waals surface area contributed by atoms with Crippen molar-refractivity contribution in [2.45, 2.75) is 17.4 Å². The molecule has 0 bridgehead atoms. The smallest absolute Gasteiger partial charge is 0.261 e. The Morgan fingerprint density at radius 2 is 1.62 bits per heavy atom. The van der Waals surface area contributed by atoms with Gasteiger partial charge in [0.25, 0.3) is 11.8 Å². The van der Waals surface area contributed by atoms with Gasteiger partial charge in [0, 0.05) is 11.6 Å². The Kier molecular flexibility index (Phi) is 5.67. The standard InChI is InChI=1S/C25H21ClN2O5S/c1-33-22-11-10-17(26)14-23(22)34(31,32)28-13-12-16-6-2-3-7-18(16)21(28)15-27-24(29)19-8-4-5-9-20(19)25(27)30/h2-11,14,21H,12-13,15H2,1H3/t21-/m0/s1. The van der Waals surface area contributed by atoms with Crippen molar-refractivity contribution in [1.82, 2.24) is 9.21 Å². The van der Waals surface area contributed by atoms with Gasteiger partial charge in [-0.1, -0.05) is 48.0 Å². The number of imide groups is 1. The van der Waals surface area contributed by atoms with Gasteiger partial charge in [0.05, 0.1) is 30.8 Å². The second-order valence-electron chi connectivity index (χ2n) is 8.14. The number of hydrogen-bond donors (Lipinski definition) is 0. The first kappa shape index (κ1) is 22.6. The molecule has 1 atom stereocenters. The first-order chi connectivity index (χ1) is 16.3. The fraction of sp³-hybridized carbons (Fsp3) is 0.200. The van der Waals surface area contributed by atoms with Crippen LogP contribution in [0.2, 0.25) is 5.02 Å². The maximum absolute atomic E-state index is 13.9. The zero-order chi connectivity index (χ0) is 24.0. The number of benzene rings is 3. The van der Waals surface area contributed by atoms with Crippen molar-refractivity contribution in [1.29, 1.82) is 0 Å². The number of halogens is 1. The molecule has 9 heteroatoms. The van der Waals surface area contributed by atoms with Crippen LogP contribution in [0.3, 0.4) is 0 Å². The van der Waals surface area contributed by atoms with Gasteiger partial charge in [-0.05, 0) is 47.9 Å². The minimum atomic E-state index is -4.09. The van der Waals surface area contributed by atoms with Crippen LogP contribution in [-0.4, -0.2) is 49.6 Å². The van der Waals surface area contributed by atoms with Gasteiger partial charge in [-0.25, -0.2) is 8.42 Å². The SMILES string of the molecule is COc1ccc(Cl)cc1S(=O)(=O)N1CCc2ccccc2[C@@H]1CN1C(=O)c2ccccc2C1=O. The van der Waals surface area contributed by atoms with E-state index in [2.05, 4.69) is 0 Å². The third-order valence-corrected chi connectivity index (χ3v) is 8.47. The highest BCUT2D eigenvalue weighted by molar-refractivity contribution is 7.89. The molecule has 2 amide bonds. The minimum Gasteiger partial charge on any atom is -0.495 e. The van der Waals surface area contributed by atoms with Crippen LogP contribution in [0.5, 0.6) is 5.75 Å². The molecule has 0 saturated heterocycles. The van der Waals surface area contributed by atoms with Gasteiger partial charge in [0.15, 0.2) is 0 Å². The highest BCUT2D eigenvalue weighted by Gasteiger charge is 2.43. The summed E-state index contributed by atoms with van der Waals surface area (Å²) >= 11 is 6.13. The van der Waals surface area contributed by atoms with Gasteiger partial charge in [-0.2, -0.15) is 4.31 Å². The third-order valence-electron chi connectivity index (χ3n) is 6.31. The van der Waals surface area contributed by atoms with E-state index in [1.807, 2.05) is 24.3 Å². The highest BCUT2D eigenvalue weighted by atomic mass is 35.5. The van der Waals surface area contributed by atoms with Crippen LogP contribution >= 0.6 is 11.6 Å². The Bertz CT molecular complexity index is 1390. The van der Waals surface area contributed by atoms with Gasteiger partial charge in [-0.3, -0.25) is 14.5 Å². The van der Waals surface area contributed by atoms with E-state index in [4.69, 9.17) is 16.3 Å². The molecule has 34 heavy (non-hydrogen) atoms. The first-order valence-corrected chi connectivity index (χ1v) is 12.5. The van der Waals surface area contributed by atoms with E-state index in [9.17, 15) is 18.0 Å². The van der Waals surface area contributed by atoms with E-state index in [1.54, 1.807) is 30.3 Å². The molecule has 3 aromatic carbocycles. The Balaban J connectivity index is 1.59. The van der Waals surface area contributed by atoms with Gasteiger partial charge < -0.3 is 4.74 Å². The number of nitrogens with zero attached hydrogens (tertiary/aromatic N) is 2. The van der Waals surface area contributed by atoms with Crippen LogP contribution in [0.1, 0.15) is 37.9 Å². The lowest BCUT2D eigenvalue weighted by molar-refractivity contribution is 0.0616. The topological polar surface area (TPSA) is 84.0 Å². The number of hydrogen-bond acceptors (Lipinski definition) is 5. The molecular weight excluding hydrogens is 476 g/mol. The Hall–Kier alpha value is -3.20. The summed E-state index contributed by atoms with van der Waals surface area (Å²) in [6.07, 6.45) is 0.497. The van der Waals surface area contributed by atoms with E-state index < -0.39 is 27.9 Å². The van der Waals surface area contributed by atoms with Crippen molar-refractivity contribution in [2.75, 3.05) is 20.2 Å². The number of carbonyl (C=O) groups is 2. The first-order valence-electron chi connectivity index (χ1n) is 10.7. The zero-order valence-electron chi connectivity index (χ0n) is 18.3. The maximum Gasteiger partial charge on any atom is 0.261 e. The number of sulfonamides is 1. The lowest BCUT2D eigenvalue weighted by Crippen LogP contribution is -2.46. The largest absolute Gasteiger partial charge is 0.495 e. The summed E-state index contributed by atoms with van der Waals surface area (Å²) in [5.74, 6) is -0.689. The molecule has 174 valence electrons. The monoisotopic (exact) mass is 496 g/mol. The van der Waals surface area contributed by atoms with Crippen LogP contribution in [-0.2, 0) is 16.4 Å². The van der Waals surface area contributed by atoms with Crippen LogP contribution in [0.25, 0.3) is 0 Å². The quantitative estimate of drug-likeness (QED) is 0.500. The molecule has 0 radical (unpaired) electrons. The molecule has 2 aliphatic rings. The summed E-state index contributed by atoms with van der Waals surface area (Å²) in [6, 6.07) is 17.8. The summed E-state index contributed by atoms with van der Waals surface area (Å²) in [7, 11) is -2.70. The Labute approximate surface area is 202 Å². The van der Waals surface area contributed by atoms with Crippen LogP contribution in [0.4, 0.5) is 0 Å². The Morgan fingerprint density at radius 1 is 0.971 bits per heavy atom. The molecule has 3 aromatic rings. The summed E-state index contributed by atoms with van der Waals surface area (Å²) in [5.41, 5.74) is 2.38. The Morgan fingerprint density at radius 3 is 2.29 bits per heavy atom. The number of carbonyl (C=O) groups excluding carboxylic acids is 2. The van der Waals surface area contributed by atoms with E-state index in [0.717, 1.165) is 16.0 Å². The van der Waals surface area contributed by atoms with Crippen molar-refractivity contribution in [3.63, 3.8) is 0 Å². The molecule has 5 rings (SSSR count). The molecule has 0 unspecified atom stereocenters. The van der Waals surface area contributed by atoms with Crippen molar-refractivity contribution >= 4 is 33.4 Å². The average Bonchev–Trinajstić information content (AvgIpc) is 3.09. The minimum absolute atomic E-state index is 0.0609. The molecule has 0 saturated carbocycles. The highest BCUT2D eigenvalue weighted by Crippen LogP contribution is 2.39. The summed E-state index contributed by atoms with van der Waals surface area (Å²) < 4.78 is 34.4. The fourth-order valence-electron chi connectivity index (χ4n) is 4.66. The number of methoxy groups -OCH3 is 1. The summed E-state index contributed by atoms with van der Waals surface area (Å²) in [4.78, 5) is 27.2. The van der Waals surface area contributed by atoms with Gasteiger partial charge in [0.1, 0.15) is 10.6 Å². The predicted octanol–water partition coefficient (Wildman–Crippen LogP) is 3.93. The fourth-order valence-corrected chi connectivity index (χ4v) is 6.68. The van der Waals surface area contributed by atoms with Gasteiger partial charge in [0.2, 0.25) is 10.0 Å². The van der Waals surface area contributed by atoms with Crippen molar-refractivity contribution < 1.29 is 22.7 Å². The maximum atomic E-state index is 13.9. The van der Waals surface area contributed by atoms with Crippen LogP contribution in [0, 0.1) is 0 Å². The normalized spacial score (nSPS) is 18.1. The molecule has 0 fully saturated rings. The predicted molar refractivity (Wildman–Crippen MR) is 127 cm³/mol. The number of fused-ring (bicyclic) bond motifs is 2. The van der Waals surface area contributed by atoms with Crippen molar-refractivity contribution in [2.24, 2.45) is 0 Å². The van der Waals surface area contributed by atoms with E-state index >= 15 is 0 Å². The van der Waals surface area contributed by atoms with Crippen molar-refractivity contribution in [3.8, 4) is 5.75 Å². The third kappa shape index (κ3) is 3.58. The molecule has 0 N–H and O–H groups in total. The molecule has 2 heterocycles. The molecule has 0 aromatic heterocycles. The van der Waals surface area contributed by atoms with Crippen molar-refractivity contribution in [3.05, 3.63) is 94.0 Å². The molecule has 7 nitrogen and oxygen atoms in total. The molecule has 0 spiro atoms. The van der Waals surface area contributed by atoms with Gasteiger partial charge in [-0.15, -0.1) is 0 Å². The number of ether oxygens (including phenoxy) is 1. The summed E-state index contributed by atoms with van der Waals surface area (Å²) in [5, 5.41) is 0.258. The van der Waals surface area contributed by atoms with Crippen LogP contribution < -0.4 is 4.74 Å². The van der Waals surface area contributed by atoms with E-state index in [1.165, 1.54) is 23.5 Å².